The highest BCUT2D eigenvalue weighted by Crippen LogP contribution is 2.30. The molecule has 2 atom stereocenters. The largest absolute Gasteiger partial charge is 0.338 e. The quantitative estimate of drug-likeness (QED) is 0.726. The smallest absolute Gasteiger partial charge is 0.253 e. The zero-order valence-electron chi connectivity index (χ0n) is 10.2. The molecule has 0 spiro atoms. The van der Waals surface area contributed by atoms with Gasteiger partial charge in [-0.3, -0.25) is 4.79 Å². The Balaban J connectivity index is 1.70. The van der Waals surface area contributed by atoms with Gasteiger partial charge in [-0.05, 0) is 31.0 Å². The van der Waals surface area contributed by atoms with Crippen LogP contribution in [-0.4, -0.2) is 48.9 Å². The Morgan fingerprint density at radius 1 is 1.06 bits per heavy atom. The second-order valence-electron chi connectivity index (χ2n) is 5.32. The van der Waals surface area contributed by atoms with Crippen molar-refractivity contribution >= 4 is 5.91 Å². The first-order valence-corrected chi connectivity index (χ1v) is 6.27. The van der Waals surface area contributed by atoms with Crippen LogP contribution in [-0.2, 0) is 0 Å². The average Bonchev–Trinajstić information content (AvgIpc) is 2.86. The van der Waals surface area contributed by atoms with Crippen molar-refractivity contribution in [2.45, 2.75) is 0 Å². The number of carbonyl (C=O) groups excluding carboxylic acids is 1. The minimum Gasteiger partial charge on any atom is -0.338 e. The van der Waals surface area contributed by atoms with Gasteiger partial charge in [-0.25, -0.2) is 0 Å². The van der Waals surface area contributed by atoms with E-state index in [1.54, 1.807) is 0 Å². The molecular weight excluding hydrogens is 212 g/mol. The van der Waals surface area contributed by atoms with Crippen LogP contribution in [0.1, 0.15) is 10.4 Å². The third-order valence-electron chi connectivity index (χ3n) is 3.98. The molecule has 3 rings (SSSR count). The second kappa shape index (κ2) is 4.15. The lowest BCUT2D eigenvalue weighted by Crippen LogP contribution is -2.32. The van der Waals surface area contributed by atoms with E-state index in [-0.39, 0.29) is 5.91 Å². The molecule has 0 N–H and O–H groups in total. The summed E-state index contributed by atoms with van der Waals surface area (Å²) in [7, 11) is 2.17. The van der Waals surface area contributed by atoms with E-state index in [2.05, 4.69) is 11.9 Å². The number of benzene rings is 1. The lowest BCUT2D eigenvalue weighted by molar-refractivity contribution is 0.0776. The van der Waals surface area contributed by atoms with Gasteiger partial charge in [0.2, 0.25) is 0 Å². The highest BCUT2D eigenvalue weighted by Gasteiger charge is 2.40. The molecule has 0 unspecified atom stereocenters. The summed E-state index contributed by atoms with van der Waals surface area (Å²) in [5.41, 5.74) is 0.820. The van der Waals surface area contributed by atoms with Gasteiger partial charge in [-0.1, -0.05) is 18.2 Å². The van der Waals surface area contributed by atoms with Gasteiger partial charge >= 0.3 is 0 Å². The van der Waals surface area contributed by atoms with Crippen molar-refractivity contribution < 1.29 is 4.79 Å². The second-order valence-corrected chi connectivity index (χ2v) is 5.32. The van der Waals surface area contributed by atoms with Crippen LogP contribution in [0.15, 0.2) is 30.3 Å². The van der Waals surface area contributed by atoms with E-state index in [1.165, 1.54) is 0 Å². The van der Waals surface area contributed by atoms with Crippen molar-refractivity contribution in [2.24, 2.45) is 11.8 Å². The standard InChI is InChI=1S/C14H18N2O/c1-15-7-12-9-16(10-13(12)8-15)14(17)11-5-3-2-4-6-11/h2-6,12-13H,7-10H2,1H3/t12-,13-/m1/s1. The molecule has 3 nitrogen and oxygen atoms in total. The van der Waals surface area contributed by atoms with Crippen molar-refractivity contribution in [3.05, 3.63) is 35.9 Å². The molecule has 0 aromatic heterocycles. The normalized spacial score (nSPS) is 28.4. The first-order valence-electron chi connectivity index (χ1n) is 6.27. The van der Waals surface area contributed by atoms with Gasteiger partial charge in [-0.15, -0.1) is 0 Å². The van der Waals surface area contributed by atoms with Gasteiger partial charge in [0.15, 0.2) is 0 Å². The van der Waals surface area contributed by atoms with E-state index in [0.717, 1.165) is 31.7 Å². The maximum Gasteiger partial charge on any atom is 0.253 e. The Morgan fingerprint density at radius 3 is 2.24 bits per heavy atom. The van der Waals surface area contributed by atoms with Gasteiger partial charge in [0.05, 0.1) is 0 Å². The van der Waals surface area contributed by atoms with E-state index in [0.29, 0.717) is 11.8 Å². The molecule has 1 amide bonds. The molecule has 17 heavy (non-hydrogen) atoms. The molecule has 1 aromatic carbocycles. The monoisotopic (exact) mass is 230 g/mol. The Kier molecular flexibility index (Phi) is 2.63. The van der Waals surface area contributed by atoms with E-state index in [9.17, 15) is 4.79 Å². The molecule has 90 valence electrons. The van der Waals surface area contributed by atoms with Crippen LogP contribution in [0.2, 0.25) is 0 Å². The minimum atomic E-state index is 0.197. The molecule has 0 bridgehead atoms. The van der Waals surface area contributed by atoms with Gasteiger partial charge in [0, 0.05) is 31.7 Å². The Morgan fingerprint density at radius 2 is 1.65 bits per heavy atom. The molecular formula is C14H18N2O. The molecule has 1 aromatic rings. The van der Waals surface area contributed by atoms with Crippen molar-refractivity contribution in [3.63, 3.8) is 0 Å². The summed E-state index contributed by atoms with van der Waals surface area (Å²) < 4.78 is 0. The lowest BCUT2D eigenvalue weighted by atomic mass is 10.0. The van der Waals surface area contributed by atoms with Gasteiger partial charge in [-0.2, -0.15) is 0 Å². The SMILES string of the molecule is CN1C[C@@H]2CN(C(=O)c3ccccc3)C[C@H]2C1. The van der Waals surface area contributed by atoms with E-state index in [4.69, 9.17) is 0 Å². The third kappa shape index (κ3) is 1.95. The molecule has 2 saturated heterocycles. The van der Waals surface area contributed by atoms with E-state index < -0.39 is 0 Å². The average molecular weight is 230 g/mol. The van der Waals surface area contributed by atoms with Crippen molar-refractivity contribution in [3.8, 4) is 0 Å². The highest BCUT2D eigenvalue weighted by atomic mass is 16.2. The number of nitrogens with zero attached hydrogens (tertiary/aromatic N) is 2. The minimum absolute atomic E-state index is 0.197. The molecule has 0 radical (unpaired) electrons. The highest BCUT2D eigenvalue weighted by molar-refractivity contribution is 5.94. The zero-order chi connectivity index (χ0) is 11.8. The predicted octanol–water partition coefficient (Wildman–Crippen LogP) is 1.32. The van der Waals surface area contributed by atoms with Crippen LogP contribution in [0.4, 0.5) is 0 Å². The van der Waals surface area contributed by atoms with Crippen LogP contribution < -0.4 is 0 Å². The molecule has 2 aliphatic rings. The zero-order valence-corrected chi connectivity index (χ0v) is 10.2. The fourth-order valence-electron chi connectivity index (χ4n) is 3.16. The summed E-state index contributed by atoms with van der Waals surface area (Å²) in [5, 5.41) is 0. The maximum absolute atomic E-state index is 12.3. The molecule has 2 heterocycles. The number of fused-ring (bicyclic) bond motifs is 1. The molecule has 0 aliphatic carbocycles. The van der Waals surface area contributed by atoms with Crippen molar-refractivity contribution in [1.29, 1.82) is 0 Å². The van der Waals surface area contributed by atoms with Gasteiger partial charge < -0.3 is 9.80 Å². The summed E-state index contributed by atoms with van der Waals surface area (Å²) in [4.78, 5) is 16.7. The summed E-state index contributed by atoms with van der Waals surface area (Å²) in [6.45, 7) is 4.15. The Bertz CT molecular complexity index is 403. The topological polar surface area (TPSA) is 23.6 Å². The maximum atomic E-state index is 12.3. The fourth-order valence-corrected chi connectivity index (χ4v) is 3.16. The Hall–Kier alpha value is -1.35. The first-order chi connectivity index (χ1) is 8.24. The number of hydrogen-bond donors (Lipinski definition) is 0. The van der Waals surface area contributed by atoms with Crippen molar-refractivity contribution in [2.75, 3.05) is 33.2 Å². The number of rotatable bonds is 1. The predicted molar refractivity (Wildman–Crippen MR) is 66.8 cm³/mol. The number of carbonyl (C=O) groups is 1. The van der Waals surface area contributed by atoms with Crippen molar-refractivity contribution in [1.82, 2.24) is 9.80 Å². The first kappa shape index (κ1) is 10.8. The number of likely N-dealkylation sites (tertiary alicyclic amines) is 2. The number of amides is 1. The van der Waals surface area contributed by atoms with Crippen LogP contribution in [0, 0.1) is 11.8 Å². The summed E-state index contributed by atoms with van der Waals surface area (Å²) in [6, 6.07) is 9.62. The van der Waals surface area contributed by atoms with Crippen LogP contribution in [0.5, 0.6) is 0 Å². The summed E-state index contributed by atoms with van der Waals surface area (Å²) in [6.07, 6.45) is 0. The van der Waals surface area contributed by atoms with Gasteiger partial charge in [0.25, 0.3) is 5.91 Å². The van der Waals surface area contributed by atoms with Crippen LogP contribution in [0.3, 0.4) is 0 Å². The summed E-state index contributed by atoms with van der Waals surface area (Å²) in [5.74, 6) is 1.57. The number of hydrogen-bond acceptors (Lipinski definition) is 2. The molecule has 2 fully saturated rings. The van der Waals surface area contributed by atoms with Crippen LogP contribution >= 0.6 is 0 Å². The third-order valence-corrected chi connectivity index (χ3v) is 3.98. The molecule has 3 heteroatoms. The van der Waals surface area contributed by atoms with Gasteiger partial charge in [0.1, 0.15) is 0 Å². The Labute approximate surface area is 102 Å². The molecule has 0 saturated carbocycles. The van der Waals surface area contributed by atoms with Crippen LogP contribution in [0.25, 0.3) is 0 Å². The summed E-state index contributed by atoms with van der Waals surface area (Å²) >= 11 is 0. The lowest BCUT2D eigenvalue weighted by Gasteiger charge is -2.19. The van der Waals surface area contributed by atoms with E-state index >= 15 is 0 Å². The van der Waals surface area contributed by atoms with E-state index in [1.807, 2.05) is 35.2 Å². The molecule has 2 aliphatic heterocycles. The fraction of sp³-hybridized carbons (Fsp3) is 0.500.